The average molecular weight is 286 g/mol. The summed E-state index contributed by atoms with van der Waals surface area (Å²) in [5.41, 5.74) is -0.628. The van der Waals surface area contributed by atoms with Crippen LogP contribution in [0.5, 0.6) is 5.75 Å². The van der Waals surface area contributed by atoms with Gasteiger partial charge in [0, 0.05) is 6.92 Å². The summed E-state index contributed by atoms with van der Waals surface area (Å²) in [6.07, 6.45) is 0. The topological polar surface area (TPSA) is 119 Å². The second-order valence-electron chi connectivity index (χ2n) is 3.77. The zero-order valence-electron chi connectivity index (χ0n) is 10.3. The van der Waals surface area contributed by atoms with Gasteiger partial charge in [-0.25, -0.2) is 9.18 Å². The van der Waals surface area contributed by atoms with Gasteiger partial charge in [0.05, 0.1) is 11.0 Å². The monoisotopic (exact) mass is 286 g/mol. The van der Waals surface area contributed by atoms with Gasteiger partial charge in [-0.05, 0) is 12.1 Å². The van der Waals surface area contributed by atoms with Gasteiger partial charge in [-0.15, -0.1) is 0 Å². The summed E-state index contributed by atoms with van der Waals surface area (Å²) in [7, 11) is 0. The van der Waals surface area contributed by atoms with Crippen LogP contribution in [0.4, 0.5) is 10.1 Å². The third-order valence-electron chi connectivity index (χ3n) is 2.20. The lowest BCUT2D eigenvalue weighted by atomic mass is 10.2. The summed E-state index contributed by atoms with van der Waals surface area (Å²) < 4.78 is 17.9. The molecular formula is C11H11FN2O6. The molecule has 108 valence electrons. The number of nitro groups is 1. The van der Waals surface area contributed by atoms with E-state index in [4.69, 9.17) is 9.84 Å². The first-order valence-electron chi connectivity index (χ1n) is 5.38. The molecule has 8 nitrogen and oxygen atoms in total. The summed E-state index contributed by atoms with van der Waals surface area (Å²) in [6, 6.07) is 1.25. The maximum absolute atomic E-state index is 12.9. The van der Waals surface area contributed by atoms with Crippen molar-refractivity contribution in [3.63, 3.8) is 0 Å². The Morgan fingerprint density at radius 3 is 2.70 bits per heavy atom. The first kappa shape index (κ1) is 15.3. The number of carboxylic acids is 1. The summed E-state index contributed by atoms with van der Waals surface area (Å²) in [5, 5.41) is 21.6. The van der Waals surface area contributed by atoms with Crippen LogP contribution in [0.15, 0.2) is 18.2 Å². The minimum Gasteiger partial charge on any atom is -0.484 e. The second kappa shape index (κ2) is 6.45. The average Bonchev–Trinajstić information content (AvgIpc) is 2.34. The van der Waals surface area contributed by atoms with Crippen LogP contribution in [0.2, 0.25) is 0 Å². The molecular weight excluding hydrogens is 275 g/mol. The zero-order chi connectivity index (χ0) is 15.3. The lowest BCUT2D eigenvalue weighted by molar-refractivity contribution is -0.386. The van der Waals surface area contributed by atoms with Crippen molar-refractivity contribution < 1.29 is 28.7 Å². The van der Waals surface area contributed by atoms with E-state index in [2.05, 4.69) is 5.32 Å². The molecule has 20 heavy (non-hydrogen) atoms. The third kappa shape index (κ3) is 4.19. The number of carbonyl (C=O) groups excluding carboxylic acids is 1. The highest BCUT2D eigenvalue weighted by Crippen LogP contribution is 2.27. The van der Waals surface area contributed by atoms with Crippen molar-refractivity contribution in [1.29, 1.82) is 0 Å². The highest BCUT2D eigenvalue weighted by atomic mass is 19.1. The van der Waals surface area contributed by atoms with E-state index < -0.39 is 41.0 Å². The fourth-order valence-electron chi connectivity index (χ4n) is 1.35. The number of nitrogens with zero attached hydrogens (tertiary/aromatic N) is 1. The molecule has 0 aliphatic rings. The van der Waals surface area contributed by atoms with Crippen LogP contribution in [0.3, 0.4) is 0 Å². The van der Waals surface area contributed by atoms with Gasteiger partial charge in [-0.2, -0.15) is 0 Å². The van der Waals surface area contributed by atoms with Gasteiger partial charge >= 0.3 is 11.7 Å². The SMILES string of the molecule is CC(=O)NC(COc1ccc(F)cc1[N+](=O)[O-])C(=O)O. The number of aliphatic carboxylic acids is 1. The Bertz CT molecular complexity index is 548. The minimum atomic E-state index is -1.36. The number of hydrogen-bond donors (Lipinski definition) is 2. The Hall–Kier alpha value is -2.71. The molecule has 1 aromatic carbocycles. The summed E-state index contributed by atoms with van der Waals surface area (Å²) in [6.45, 7) is 0.595. The molecule has 0 aliphatic heterocycles. The molecule has 0 saturated heterocycles. The van der Waals surface area contributed by atoms with E-state index in [1.807, 2.05) is 0 Å². The van der Waals surface area contributed by atoms with Crippen molar-refractivity contribution in [2.75, 3.05) is 6.61 Å². The van der Waals surface area contributed by atoms with Crippen molar-refractivity contribution in [2.45, 2.75) is 13.0 Å². The van der Waals surface area contributed by atoms with Crippen LogP contribution in [-0.2, 0) is 9.59 Å². The number of hydrogen-bond acceptors (Lipinski definition) is 5. The van der Waals surface area contributed by atoms with Crippen molar-refractivity contribution in [1.82, 2.24) is 5.32 Å². The molecule has 0 radical (unpaired) electrons. The summed E-state index contributed by atoms with van der Waals surface area (Å²) in [4.78, 5) is 31.5. The van der Waals surface area contributed by atoms with Gasteiger partial charge in [0.25, 0.3) is 0 Å². The molecule has 1 atom stereocenters. The van der Waals surface area contributed by atoms with E-state index in [1.165, 1.54) is 0 Å². The van der Waals surface area contributed by atoms with Gasteiger partial charge in [0.1, 0.15) is 12.4 Å². The molecule has 2 N–H and O–H groups in total. The highest BCUT2D eigenvalue weighted by molar-refractivity contribution is 5.82. The number of nitrogens with one attached hydrogen (secondary N) is 1. The molecule has 1 amide bonds. The predicted molar refractivity (Wildman–Crippen MR) is 63.8 cm³/mol. The van der Waals surface area contributed by atoms with Crippen LogP contribution >= 0.6 is 0 Å². The molecule has 0 spiro atoms. The zero-order valence-corrected chi connectivity index (χ0v) is 10.3. The van der Waals surface area contributed by atoms with Crippen molar-refractivity contribution >= 4 is 17.6 Å². The Kier molecular flexibility index (Phi) is 4.95. The molecule has 1 unspecified atom stereocenters. The number of carbonyl (C=O) groups is 2. The number of carboxylic acid groups (broad SMARTS) is 1. The predicted octanol–water partition coefficient (Wildman–Crippen LogP) is 0.702. The van der Waals surface area contributed by atoms with Gasteiger partial charge in [-0.3, -0.25) is 14.9 Å². The standard InChI is InChI=1S/C11H11FN2O6/c1-6(15)13-8(11(16)17)5-20-10-3-2-7(12)4-9(10)14(18)19/h2-4,8H,5H2,1H3,(H,13,15)(H,16,17). The fourth-order valence-corrected chi connectivity index (χ4v) is 1.35. The summed E-state index contributed by atoms with van der Waals surface area (Å²) >= 11 is 0. The van der Waals surface area contributed by atoms with E-state index in [1.54, 1.807) is 0 Å². The molecule has 0 fully saturated rings. The van der Waals surface area contributed by atoms with Crippen LogP contribution in [0, 0.1) is 15.9 Å². The largest absolute Gasteiger partial charge is 0.484 e. The van der Waals surface area contributed by atoms with E-state index in [0.29, 0.717) is 6.07 Å². The number of amides is 1. The van der Waals surface area contributed by atoms with Crippen molar-refractivity contribution in [2.24, 2.45) is 0 Å². The maximum Gasteiger partial charge on any atom is 0.329 e. The Labute approximate surface area is 112 Å². The van der Waals surface area contributed by atoms with Gasteiger partial charge < -0.3 is 15.2 Å². The number of halogens is 1. The number of ether oxygens (including phenoxy) is 1. The highest BCUT2D eigenvalue weighted by Gasteiger charge is 2.22. The Morgan fingerprint density at radius 1 is 1.55 bits per heavy atom. The van der Waals surface area contributed by atoms with Crippen molar-refractivity contribution in [3.8, 4) is 5.75 Å². The lowest BCUT2D eigenvalue weighted by Crippen LogP contribution is -2.43. The third-order valence-corrected chi connectivity index (χ3v) is 2.20. The smallest absolute Gasteiger partial charge is 0.329 e. The van der Waals surface area contributed by atoms with Crippen LogP contribution in [-0.4, -0.2) is 34.6 Å². The summed E-state index contributed by atoms with van der Waals surface area (Å²) in [5.74, 6) is -3.05. The quantitative estimate of drug-likeness (QED) is 0.587. The molecule has 0 aliphatic carbocycles. The van der Waals surface area contributed by atoms with Crippen LogP contribution < -0.4 is 10.1 Å². The van der Waals surface area contributed by atoms with Crippen molar-refractivity contribution in [3.05, 3.63) is 34.1 Å². The number of nitro benzene ring substituents is 1. The molecule has 0 heterocycles. The van der Waals surface area contributed by atoms with Gasteiger partial charge in [-0.1, -0.05) is 0 Å². The lowest BCUT2D eigenvalue weighted by Gasteiger charge is -2.14. The molecule has 0 bridgehead atoms. The molecule has 1 aromatic rings. The van der Waals surface area contributed by atoms with Crippen LogP contribution in [0.25, 0.3) is 0 Å². The Balaban J connectivity index is 2.85. The fraction of sp³-hybridized carbons (Fsp3) is 0.273. The molecule has 1 rings (SSSR count). The van der Waals surface area contributed by atoms with E-state index in [9.17, 15) is 24.1 Å². The van der Waals surface area contributed by atoms with E-state index in [0.717, 1.165) is 19.1 Å². The minimum absolute atomic E-state index is 0.284. The van der Waals surface area contributed by atoms with E-state index in [-0.39, 0.29) is 5.75 Å². The van der Waals surface area contributed by atoms with Crippen LogP contribution in [0.1, 0.15) is 6.92 Å². The first-order chi connectivity index (χ1) is 9.31. The van der Waals surface area contributed by atoms with Gasteiger partial charge in [0.15, 0.2) is 11.8 Å². The molecule has 0 aromatic heterocycles. The van der Waals surface area contributed by atoms with Gasteiger partial charge in [0.2, 0.25) is 5.91 Å². The first-order valence-corrected chi connectivity index (χ1v) is 5.38. The van der Waals surface area contributed by atoms with E-state index >= 15 is 0 Å². The number of rotatable bonds is 6. The Morgan fingerprint density at radius 2 is 2.20 bits per heavy atom. The second-order valence-corrected chi connectivity index (χ2v) is 3.77. The molecule has 9 heteroatoms. The number of benzene rings is 1. The molecule has 0 saturated carbocycles. The maximum atomic E-state index is 12.9. The normalized spacial score (nSPS) is 11.5.